The Balaban J connectivity index is 1.34. The quantitative estimate of drug-likeness (QED) is 0.317. The molecule has 0 bridgehead atoms. The highest BCUT2D eigenvalue weighted by molar-refractivity contribution is 7.14. The standard InChI is InChI=1S/C29H29NO5S/c1-3-5-23(16-28(31)32)22-8-10-25(11-9-22)35-19-21-7-4-6-20(14-21)17-30-13-12-26-24(18-30)15-27(36-26)29(33)34-2/h4,6-11,14-15,23H,12-13,16-19H2,1-2H3,(H,31,32). The molecule has 2 aromatic carbocycles. The van der Waals surface area contributed by atoms with E-state index < -0.39 is 5.97 Å². The highest BCUT2D eigenvalue weighted by atomic mass is 32.1. The number of carboxylic acids is 1. The van der Waals surface area contributed by atoms with Gasteiger partial charge in [-0.1, -0.05) is 42.3 Å². The van der Waals surface area contributed by atoms with Crippen LogP contribution < -0.4 is 4.74 Å². The summed E-state index contributed by atoms with van der Waals surface area (Å²) in [6, 6.07) is 17.8. The van der Waals surface area contributed by atoms with Crippen LogP contribution in [0.4, 0.5) is 0 Å². The number of nitrogens with zero attached hydrogens (tertiary/aromatic N) is 1. The summed E-state index contributed by atoms with van der Waals surface area (Å²) in [4.78, 5) is 27.3. The van der Waals surface area contributed by atoms with Gasteiger partial charge in [-0.25, -0.2) is 4.79 Å². The number of hydrogen-bond donors (Lipinski definition) is 1. The number of carboxylic acid groups (broad SMARTS) is 1. The van der Waals surface area contributed by atoms with Crippen molar-refractivity contribution in [3.63, 3.8) is 0 Å². The normalized spacial score (nSPS) is 13.7. The Morgan fingerprint density at radius 2 is 1.92 bits per heavy atom. The van der Waals surface area contributed by atoms with Crippen LogP contribution in [-0.2, 0) is 35.6 Å². The van der Waals surface area contributed by atoms with Crippen LogP contribution in [-0.4, -0.2) is 35.6 Å². The van der Waals surface area contributed by atoms with E-state index >= 15 is 0 Å². The summed E-state index contributed by atoms with van der Waals surface area (Å²) < 4.78 is 10.9. The van der Waals surface area contributed by atoms with Crippen LogP contribution in [0.25, 0.3) is 0 Å². The molecule has 7 heteroatoms. The lowest BCUT2D eigenvalue weighted by atomic mass is 9.96. The highest BCUT2D eigenvalue weighted by Gasteiger charge is 2.22. The summed E-state index contributed by atoms with van der Waals surface area (Å²) in [5.41, 5.74) is 4.38. The van der Waals surface area contributed by atoms with Gasteiger partial charge < -0.3 is 14.6 Å². The fourth-order valence-corrected chi connectivity index (χ4v) is 5.45. The Labute approximate surface area is 215 Å². The number of benzene rings is 2. The van der Waals surface area contributed by atoms with E-state index in [0.29, 0.717) is 11.5 Å². The molecule has 4 rings (SSSR count). The Kier molecular flexibility index (Phi) is 8.42. The van der Waals surface area contributed by atoms with Crippen molar-refractivity contribution in [1.29, 1.82) is 0 Å². The third kappa shape index (κ3) is 6.54. The number of ether oxygens (including phenoxy) is 2. The van der Waals surface area contributed by atoms with E-state index in [4.69, 9.17) is 14.6 Å². The van der Waals surface area contributed by atoms with Gasteiger partial charge in [0.1, 0.15) is 17.2 Å². The van der Waals surface area contributed by atoms with E-state index in [1.807, 2.05) is 42.5 Å². The molecule has 186 valence electrons. The van der Waals surface area contributed by atoms with Crippen LogP contribution in [0, 0.1) is 11.8 Å². The van der Waals surface area contributed by atoms with Crippen molar-refractivity contribution in [3.8, 4) is 17.6 Å². The number of thiophene rings is 1. The molecule has 0 fully saturated rings. The zero-order chi connectivity index (χ0) is 25.5. The molecular weight excluding hydrogens is 474 g/mol. The van der Waals surface area contributed by atoms with Crippen molar-refractivity contribution in [1.82, 2.24) is 4.90 Å². The van der Waals surface area contributed by atoms with Gasteiger partial charge in [0.15, 0.2) is 0 Å². The number of hydrogen-bond acceptors (Lipinski definition) is 6. The zero-order valence-corrected chi connectivity index (χ0v) is 21.3. The predicted molar refractivity (Wildman–Crippen MR) is 139 cm³/mol. The lowest BCUT2D eigenvalue weighted by Crippen LogP contribution is -2.29. The maximum atomic E-state index is 11.9. The molecule has 1 aliphatic heterocycles. The molecule has 1 aliphatic rings. The minimum Gasteiger partial charge on any atom is -0.489 e. The number of carbonyl (C=O) groups excluding carboxylic acids is 1. The number of methoxy groups -OCH3 is 1. The third-order valence-corrected chi connectivity index (χ3v) is 7.33. The van der Waals surface area contributed by atoms with Gasteiger partial charge >= 0.3 is 11.9 Å². The summed E-state index contributed by atoms with van der Waals surface area (Å²) in [7, 11) is 1.42. The third-order valence-electron chi connectivity index (χ3n) is 6.12. The number of esters is 1. The smallest absolute Gasteiger partial charge is 0.348 e. The first-order valence-corrected chi connectivity index (χ1v) is 12.6. The molecule has 1 unspecified atom stereocenters. The average Bonchev–Trinajstić information content (AvgIpc) is 3.31. The van der Waals surface area contributed by atoms with Gasteiger partial charge in [0.05, 0.1) is 19.4 Å². The molecule has 0 radical (unpaired) electrons. The molecule has 3 aromatic rings. The highest BCUT2D eigenvalue weighted by Crippen LogP contribution is 2.29. The Hall–Kier alpha value is -3.60. The molecule has 0 aliphatic carbocycles. The van der Waals surface area contributed by atoms with E-state index in [1.54, 1.807) is 6.92 Å². The molecule has 0 amide bonds. The summed E-state index contributed by atoms with van der Waals surface area (Å²) >= 11 is 1.54. The topological polar surface area (TPSA) is 76.1 Å². The van der Waals surface area contributed by atoms with Gasteiger partial charge in [-0.15, -0.1) is 17.3 Å². The summed E-state index contributed by atoms with van der Waals surface area (Å²) in [5, 5.41) is 9.12. The van der Waals surface area contributed by atoms with Crippen LogP contribution in [0.2, 0.25) is 0 Å². The molecule has 0 spiro atoms. The van der Waals surface area contributed by atoms with E-state index in [2.05, 4.69) is 28.9 Å². The molecule has 1 atom stereocenters. The molecular formula is C29H29NO5S. The molecule has 2 heterocycles. The Morgan fingerprint density at radius 3 is 2.64 bits per heavy atom. The molecule has 0 saturated carbocycles. The maximum absolute atomic E-state index is 11.9. The van der Waals surface area contributed by atoms with Crippen LogP contribution in [0.3, 0.4) is 0 Å². The lowest BCUT2D eigenvalue weighted by Gasteiger charge is -2.26. The zero-order valence-electron chi connectivity index (χ0n) is 20.5. The predicted octanol–water partition coefficient (Wildman–Crippen LogP) is 5.25. The Bertz CT molecular complexity index is 1280. The number of fused-ring (bicyclic) bond motifs is 1. The second-order valence-corrected chi connectivity index (χ2v) is 9.87. The van der Waals surface area contributed by atoms with E-state index in [-0.39, 0.29) is 18.3 Å². The number of aliphatic carboxylic acids is 1. The SMILES string of the molecule is CC#CC(CC(=O)O)c1ccc(OCc2cccc(CN3CCc4sc(C(=O)OC)cc4C3)c2)cc1. The average molecular weight is 504 g/mol. The fraction of sp³-hybridized carbons (Fsp3) is 0.310. The van der Waals surface area contributed by atoms with Crippen LogP contribution in [0.15, 0.2) is 54.6 Å². The van der Waals surface area contributed by atoms with Gasteiger partial charge in [-0.3, -0.25) is 9.69 Å². The number of carbonyl (C=O) groups is 2. The van der Waals surface area contributed by atoms with Gasteiger partial charge in [-0.05, 0) is 53.8 Å². The monoisotopic (exact) mass is 503 g/mol. The van der Waals surface area contributed by atoms with E-state index in [9.17, 15) is 9.59 Å². The van der Waals surface area contributed by atoms with Crippen molar-refractivity contribution in [3.05, 3.63) is 86.6 Å². The van der Waals surface area contributed by atoms with Gasteiger partial charge in [0.25, 0.3) is 0 Å². The number of rotatable bonds is 9. The molecule has 0 saturated heterocycles. The summed E-state index contributed by atoms with van der Waals surface area (Å²) in [6.45, 7) is 4.76. The first-order valence-electron chi connectivity index (χ1n) is 11.8. The molecule has 1 aromatic heterocycles. The minimum absolute atomic E-state index is 0.0228. The summed E-state index contributed by atoms with van der Waals surface area (Å²) in [6.07, 6.45) is 0.915. The lowest BCUT2D eigenvalue weighted by molar-refractivity contribution is -0.137. The van der Waals surface area contributed by atoms with E-state index in [0.717, 1.165) is 42.9 Å². The first-order chi connectivity index (χ1) is 17.4. The van der Waals surface area contributed by atoms with Crippen molar-refractivity contribution >= 4 is 23.3 Å². The van der Waals surface area contributed by atoms with Crippen molar-refractivity contribution in [2.45, 2.75) is 45.4 Å². The van der Waals surface area contributed by atoms with Crippen LogP contribution >= 0.6 is 11.3 Å². The van der Waals surface area contributed by atoms with Crippen molar-refractivity contribution in [2.24, 2.45) is 0 Å². The van der Waals surface area contributed by atoms with Crippen molar-refractivity contribution < 1.29 is 24.2 Å². The van der Waals surface area contributed by atoms with Gasteiger partial charge in [-0.2, -0.15) is 0 Å². The van der Waals surface area contributed by atoms with Crippen LogP contribution in [0.1, 0.15) is 56.1 Å². The summed E-state index contributed by atoms with van der Waals surface area (Å²) in [5.74, 6) is 5.05. The largest absolute Gasteiger partial charge is 0.489 e. The second kappa shape index (κ2) is 11.9. The molecule has 36 heavy (non-hydrogen) atoms. The molecule has 6 nitrogen and oxygen atoms in total. The maximum Gasteiger partial charge on any atom is 0.348 e. The second-order valence-electron chi connectivity index (χ2n) is 8.73. The molecule has 1 N–H and O–H groups in total. The minimum atomic E-state index is -0.866. The van der Waals surface area contributed by atoms with Gasteiger partial charge in [0, 0.05) is 24.5 Å². The van der Waals surface area contributed by atoms with Gasteiger partial charge in [0.2, 0.25) is 0 Å². The first kappa shape index (κ1) is 25.5. The van der Waals surface area contributed by atoms with Crippen molar-refractivity contribution in [2.75, 3.05) is 13.7 Å². The Morgan fingerprint density at radius 1 is 1.14 bits per heavy atom. The van der Waals surface area contributed by atoms with Crippen LogP contribution in [0.5, 0.6) is 5.75 Å². The van der Waals surface area contributed by atoms with E-state index in [1.165, 1.54) is 34.5 Å². The fourth-order valence-electron chi connectivity index (χ4n) is 4.37.